The van der Waals surface area contributed by atoms with Crippen molar-refractivity contribution in [1.82, 2.24) is 4.90 Å². The number of urea groups is 1. The summed E-state index contributed by atoms with van der Waals surface area (Å²) in [6.45, 7) is 4.53. The third-order valence-corrected chi connectivity index (χ3v) is 3.28. The fraction of sp³-hybridized carbons (Fsp3) is 0.462. The molecular formula is C13H16ClF3N2O. The van der Waals surface area contributed by atoms with Crippen LogP contribution in [-0.2, 0) is 6.18 Å². The molecule has 0 fully saturated rings. The highest BCUT2D eigenvalue weighted by Crippen LogP contribution is 2.35. The number of alkyl halides is 3. The van der Waals surface area contributed by atoms with Crippen LogP contribution < -0.4 is 4.90 Å². The second kappa shape index (κ2) is 6.35. The highest BCUT2D eigenvalue weighted by molar-refractivity contribution is 6.33. The van der Waals surface area contributed by atoms with Crippen LogP contribution in [-0.4, -0.2) is 31.1 Å². The van der Waals surface area contributed by atoms with E-state index in [0.29, 0.717) is 13.1 Å². The lowest BCUT2D eigenvalue weighted by atomic mass is 10.2. The van der Waals surface area contributed by atoms with Crippen molar-refractivity contribution < 1.29 is 18.0 Å². The minimum atomic E-state index is -4.47. The standard InChI is InChI=1S/C13H16ClF3N2O/c1-4-19(5-2)12(20)18(3)11-8-9(13(15,16)17)6-7-10(11)14/h6-8H,4-5H2,1-3H3. The van der Waals surface area contributed by atoms with Crippen LogP contribution in [0.5, 0.6) is 0 Å². The van der Waals surface area contributed by atoms with E-state index in [9.17, 15) is 18.0 Å². The summed E-state index contributed by atoms with van der Waals surface area (Å²) in [6, 6.07) is 2.52. The van der Waals surface area contributed by atoms with Gasteiger partial charge < -0.3 is 4.90 Å². The lowest BCUT2D eigenvalue weighted by Crippen LogP contribution is -2.41. The van der Waals surface area contributed by atoms with Gasteiger partial charge in [0, 0.05) is 20.1 Å². The number of hydrogen-bond acceptors (Lipinski definition) is 1. The van der Waals surface area contributed by atoms with Crippen LogP contribution in [0.3, 0.4) is 0 Å². The lowest BCUT2D eigenvalue weighted by Gasteiger charge is -2.27. The second-order valence-electron chi connectivity index (χ2n) is 4.18. The van der Waals surface area contributed by atoms with E-state index >= 15 is 0 Å². The van der Waals surface area contributed by atoms with Gasteiger partial charge in [-0.1, -0.05) is 11.6 Å². The Balaban J connectivity index is 3.15. The van der Waals surface area contributed by atoms with Crippen molar-refractivity contribution in [3.05, 3.63) is 28.8 Å². The molecular weight excluding hydrogens is 293 g/mol. The summed E-state index contributed by atoms with van der Waals surface area (Å²) >= 11 is 5.90. The number of amides is 2. The van der Waals surface area contributed by atoms with Crippen LogP contribution in [0, 0.1) is 0 Å². The molecule has 0 N–H and O–H groups in total. The largest absolute Gasteiger partial charge is 0.416 e. The summed E-state index contributed by atoms with van der Waals surface area (Å²) < 4.78 is 38.1. The Labute approximate surface area is 120 Å². The van der Waals surface area contributed by atoms with Crippen LogP contribution in [0.1, 0.15) is 19.4 Å². The molecule has 0 saturated heterocycles. The van der Waals surface area contributed by atoms with Crippen molar-refractivity contribution >= 4 is 23.3 Å². The van der Waals surface area contributed by atoms with E-state index in [0.717, 1.165) is 23.1 Å². The van der Waals surface area contributed by atoms with Crippen LogP contribution in [0.15, 0.2) is 18.2 Å². The van der Waals surface area contributed by atoms with Gasteiger partial charge in [-0.25, -0.2) is 4.79 Å². The van der Waals surface area contributed by atoms with Crippen molar-refractivity contribution in [3.63, 3.8) is 0 Å². The molecule has 0 atom stereocenters. The molecule has 0 aliphatic heterocycles. The fourth-order valence-electron chi connectivity index (χ4n) is 1.76. The average Bonchev–Trinajstić information content (AvgIpc) is 2.38. The molecule has 0 aliphatic carbocycles. The van der Waals surface area contributed by atoms with Crippen LogP contribution >= 0.6 is 11.6 Å². The summed E-state index contributed by atoms with van der Waals surface area (Å²) in [6.07, 6.45) is -4.47. The molecule has 0 saturated carbocycles. The second-order valence-corrected chi connectivity index (χ2v) is 4.59. The summed E-state index contributed by atoms with van der Waals surface area (Å²) in [7, 11) is 1.40. The number of halogens is 4. The number of anilines is 1. The van der Waals surface area contributed by atoms with Crippen molar-refractivity contribution in [3.8, 4) is 0 Å². The molecule has 0 heterocycles. The summed E-state index contributed by atoms with van der Waals surface area (Å²) in [5.41, 5.74) is -0.797. The third kappa shape index (κ3) is 3.56. The maximum atomic E-state index is 12.7. The van der Waals surface area contributed by atoms with Gasteiger partial charge in [0.2, 0.25) is 0 Å². The molecule has 20 heavy (non-hydrogen) atoms. The number of rotatable bonds is 3. The van der Waals surface area contributed by atoms with E-state index in [1.807, 2.05) is 0 Å². The first-order valence-corrected chi connectivity index (χ1v) is 6.49. The zero-order valence-electron chi connectivity index (χ0n) is 11.5. The smallest absolute Gasteiger partial charge is 0.325 e. The predicted molar refractivity (Wildman–Crippen MR) is 73.2 cm³/mol. The SMILES string of the molecule is CCN(CC)C(=O)N(C)c1cc(C(F)(F)F)ccc1Cl. The van der Waals surface area contributed by atoms with E-state index in [-0.39, 0.29) is 10.7 Å². The number of carbonyl (C=O) groups excluding carboxylic acids is 1. The predicted octanol–water partition coefficient (Wildman–Crippen LogP) is 4.26. The van der Waals surface area contributed by atoms with Gasteiger partial charge in [-0.2, -0.15) is 13.2 Å². The summed E-state index contributed by atoms with van der Waals surface area (Å²) in [5.74, 6) is 0. The Morgan fingerprint density at radius 3 is 2.25 bits per heavy atom. The zero-order chi connectivity index (χ0) is 15.5. The number of benzene rings is 1. The van der Waals surface area contributed by atoms with E-state index in [1.54, 1.807) is 13.8 Å². The molecule has 3 nitrogen and oxygen atoms in total. The topological polar surface area (TPSA) is 23.6 Å². The summed E-state index contributed by atoms with van der Waals surface area (Å²) in [4.78, 5) is 14.8. The first-order valence-electron chi connectivity index (χ1n) is 6.11. The quantitative estimate of drug-likeness (QED) is 0.818. The van der Waals surface area contributed by atoms with Gasteiger partial charge in [0.05, 0.1) is 16.3 Å². The molecule has 0 bridgehead atoms. The molecule has 0 spiro atoms. The van der Waals surface area contributed by atoms with Crippen molar-refractivity contribution in [2.75, 3.05) is 25.0 Å². The molecule has 2 amide bonds. The van der Waals surface area contributed by atoms with Crippen LogP contribution in [0.25, 0.3) is 0 Å². The van der Waals surface area contributed by atoms with E-state index < -0.39 is 17.8 Å². The van der Waals surface area contributed by atoms with Gasteiger partial charge >= 0.3 is 12.2 Å². The highest BCUT2D eigenvalue weighted by Gasteiger charge is 2.32. The first kappa shape index (κ1) is 16.6. The average molecular weight is 309 g/mol. The molecule has 1 aromatic carbocycles. The monoisotopic (exact) mass is 308 g/mol. The number of carbonyl (C=O) groups is 1. The van der Waals surface area contributed by atoms with E-state index in [2.05, 4.69) is 0 Å². The number of hydrogen-bond donors (Lipinski definition) is 0. The van der Waals surface area contributed by atoms with E-state index in [4.69, 9.17) is 11.6 Å². The van der Waals surface area contributed by atoms with Gasteiger partial charge in [0.15, 0.2) is 0 Å². The van der Waals surface area contributed by atoms with Crippen molar-refractivity contribution in [2.45, 2.75) is 20.0 Å². The van der Waals surface area contributed by atoms with Gasteiger partial charge in [0.25, 0.3) is 0 Å². The first-order chi connectivity index (χ1) is 9.22. The Morgan fingerprint density at radius 2 is 1.80 bits per heavy atom. The maximum absolute atomic E-state index is 12.7. The maximum Gasteiger partial charge on any atom is 0.416 e. The Kier molecular flexibility index (Phi) is 5.28. The molecule has 1 aromatic rings. The van der Waals surface area contributed by atoms with Crippen LogP contribution in [0.2, 0.25) is 5.02 Å². The number of nitrogens with zero attached hydrogens (tertiary/aromatic N) is 2. The highest BCUT2D eigenvalue weighted by atomic mass is 35.5. The molecule has 0 aliphatic rings. The summed E-state index contributed by atoms with van der Waals surface area (Å²) in [5, 5.41) is 0.0982. The Hall–Kier alpha value is -1.43. The van der Waals surface area contributed by atoms with Crippen molar-refractivity contribution in [1.29, 1.82) is 0 Å². The molecule has 0 unspecified atom stereocenters. The van der Waals surface area contributed by atoms with E-state index in [1.165, 1.54) is 11.9 Å². The normalized spacial score (nSPS) is 11.3. The molecule has 1 rings (SSSR count). The molecule has 112 valence electrons. The Bertz CT molecular complexity index is 487. The van der Waals surface area contributed by atoms with Gasteiger partial charge in [-0.3, -0.25) is 4.90 Å². The lowest BCUT2D eigenvalue weighted by molar-refractivity contribution is -0.137. The third-order valence-electron chi connectivity index (χ3n) is 2.96. The molecule has 0 aromatic heterocycles. The van der Waals surface area contributed by atoms with Crippen molar-refractivity contribution in [2.24, 2.45) is 0 Å². The zero-order valence-corrected chi connectivity index (χ0v) is 12.2. The van der Waals surface area contributed by atoms with Crippen LogP contribution in [0.4, 0.5) is 23.7 Å². The minimum absolute atomic E-state index is 0.0402. The fourth-order valence-corrected chi connectivity index (χ4v) is 2.00. The van der Waals surface area contributed by atoms with Gasteiger partial charge in [0.1, 0.15) is 0 Å². The molecule has 7 heteroatoms. The van der Waals surface area contributed by atoms with Gasteiger partial charge in [-0.15, -0.1) is 0 Å². The Morgan fingerprint density at radius 1 is 1.25 bits per heavy atom. The van der Waals surface area contributed by atoms with Gasteiger partial charge in [-0.05, 0) is 32.0 Å². The minimum Gasteiger partial charge on any atom is -0.325 e. The molecule has 0 radical (unpaired) electrons.